The second kappa shape index (κ2) is 6.73. The molecule has 29 heavy (non-hydrogen) atoms. The van der Waals surface area contributed by atoms with E-state index in [4.69, 9.17) is 0 Å². The van der Waals surface area contributed by atoms with E-state index in [2.05, 4.69) is 30.6 Å². The third-order valence-corrected chi connectivity index (χ3v) is 5.22. The van der Waals surface area contributed by atoms with Gasteiger partial charge in [0, 0.05) is 31.1 Å². The van der Waals surface area contributed by atoms with Gasteiger partial charge in [0.25, 0.3) is 5.91 Å². The van der Waals surface area contributed by atoms with Gasteiger partial charge in [-0.2, -0.15) is 10.2 Å². The lowest BCUT2D eigenvalue weighted by Gasteiger charge is -2.16. The molecular formula is C19H18N8O2. The number of piperidine rings is 1. The maximum absolute atomic E-state index is 12.3. The predicted molar refractivity (Wildman–Crippen MR) is 102 cm³/mol. The minimum atomic E-state index is -0.340. The Hall–Kier alpha value is -3.69. The summed E-state index contributed by atoms with van der Waals surface area (Å²) in [4.78, 5) is 34.3. The Balaban J connectivity index is 1.23. The minimum absolute atomic E-state index is 0.155. The number of hydrogen-bond donors (Lipinski definition) is 1. The van der Waals surface area contributed by atoms with E-state index in [1.165, 1.54) is 6.20 Å². The van der Waals surface area contributed by atoms with E-state index < -0.39 is 0 Å². The van der Waals surface area contributed by atoms with Gasteiger partial charge in [0.2, 0.25) is 5.91 Å². The van der Waals surface area contributed by atoms with Crippen LogP contribution in [0.4, 0.5) is 11.5 Å². The molecule has 2 fully saturated rings. The number of anilines is 2. The molecule has 0 unspecified atom stereocenters. The van der Waals surface area contributed by atoms with Gasteiger partial charge in [-0.15, -0.1) is 5.10 Å². The number of fused-ring (bicyclic) bond motifs is 1. The first-order valence-electron chi connectivity index (χ1n) is 9.34. The third-order valence-electron chi connectivity index (χ3n) is 5.22. The molecule has 3 aromatic rings. The summed E-state index contributed by atoms with van der Waals surface area (Å²) in [5, 5.41) is 15.4. The van der Waals surface area contributed by atoms with E-state index in [0.717, 1.165) is 13.0 Å². The van der Waals surface area contributed by atoms with Crippen molar-refractivity contribution >= 4 is 23.3 Å². The molecule has 1 aliphatic heterocycles. The second-order valence-electron chi connectivity index (χ2n) is 7.31. The number of aromatic nitrogens is 6. The summed E-state index contributed by atoms with van der Waals surface area (Å²) in [7, 11) is 0. The van der Waals surface area contributed by atoms with E-state index in [1.807, 2.05) is 12.1 Å². The van der Waals surface area contributed by atoms with Crippen LogP contribution in [0, 0.1) is 18.8 Å². The van der Waals surface area contributed by atoms with Crippen LogP contribution >= 0.6 is 0 Å². The molecule has 1 saturated carbocycles. The second-order valence-corrected chi connectivity index (χ2v) is 7.31. The lowest BCUT2D eigenvalue weighted by molar-refractivity contribution is -0.118. The fourth-order valence-electron chi connectivity index (χ4n) is 3.57. The van der Waals surface area contributed by atoms with E-state index in [9.17, 15) is 9.59 Å². The maximum Gasteiger partial charge on any atom is 0.276 e. The average Bonchev–Trinajstić information content (AvgIpc) is 3.25. The summed E-state index contributed by atoms with van der Waals surface area (Å²) in [6, 6.07) is 3.65. The Morgan fingerprint density at radius 3 is 2.83 bits per heavy atom. The fraction of sp³-hybridized carbons (Fsp3) is 0.316. The summed E-state index contributed by atoms with van der Waals surface area (Å²) in [5.41, 5.74) is 2.08. The zero-order chi connectivity index (χ0) is 20.0. The molecule has 1 N–H and O–H groups in total. The van der Waals surface area contributed by atoms with Crippen LogP contribution in [0.15, 0.2) is 36.9 Å². The van der Waals surface area contributed by atoms with Crippen LogP contribution in [0.5, 0.6) is 0 Å². The van der Waals surface area contributed by atoms with Crippen molar-refractivity contribution in [3.63, 3.8) is 0 Å². The predicted octanol–water partition coefficient (Wildman–Crippen LogP) is 1.05. The highest BCUT2D eigenvalue weighted by atomic mass is 16.2. The van der Waals surface area contributed by atoms with Crippen molar-refractivity contribution in [3.05, 3.63) is 54.0 Å². The molecule has 2 amide bonds. The number of hydrogen-bond acceptors (Lipinski definition) is 7. The van der Waals surface area contributed by atoms with Gasteiger partial charge in [-0.25, -0.2) is 4.98 Å². The van der Waals surface area contributed by atoms with Crippen LogP contribution in [0.25, 0.3) is 0 Å². The van der Waals surface area contributed by atoms with Crippen molar-refractivity contribution in [2.75, 3.05) is 16.8 Å². The molecule has 0 bridgehead atoms. The smallest absolute Gasteiger partial charge is 0.276 e. The van der Waals surface area contributed by atoms with Gasteiger partial charge in [0.15, 0.2) is 5.82 Å². The normalized spacial score (nSPS) is 19.9. The molecule has 0 aromatic carbocycles. The number of amides is 2. The molecule has 4 heterocycles. The number of nitrogens with one attached hydrogen (secondary N) is 1. The van der Waals surface area contributed by atoms with Crippen molar-refractivity contribution in [2.45, 2.75) is 19.9 Å². The molecule has 2 aliphatic rings. The summed E-state index contributed by atoms with van der Waals surface area (Å²) < 4.78 is 1.65. The lowest BCUT2D eigenvalue weighted by atomic mass is 10.3. The van der Waals surface area contributed by atoms with Crippen LogP contribution in [0.3, 0.4) is 0 Å². The van der Waals surface area contributed by atoms with Gasteiger partial charge in [-0.3, -0.25) is 24.2 Å². The van der Waals surface area contributed by atoms with E-state index in [1.54, 1.807) is 35.1 Å². The van der Waals surface area contributed by atoms with Crippen molar-refractivity contribution in [1.29, 1.82) is 0 Å². The molecular weight excluding hydrogens is 372 g/mol. The monoisotopic (exact) mass is 390 g/mol. The zero-order valence-corrected chi connectivity index (χ0v) is 15.7. The van der Waals surface area contributed by atoms with Crippen LogP contribution in [0.1, 0.15) is 28.3 Å². The van der Waals surface area contributed by atoms with Gasteiger partial charge in [0.1, 0.15) is 5.69 Å². The maximum atomic E-state index is 12.3. The molecule has 10 heteroatoms. The van der Waals surface area contributed by atoms with Gasteiger partial charge in [-0.1, -0.05) is 0 Å². The fourth-order valence-corrected chi connectivity index (χ4v) is 3.57. The minimum Gasteiger partial charge on any atom is -0.318 e. The largest absolute Gasteiger partial charge is 0.318 e. The molecule has 0 spiro atoms. The summed E-state index contributed by atoms with van der Waals surface area (Å²) in [5.74, 6) is 1.10. The lowest BCUT2D eigenvalue weighted by Crippen LogP contribution is -2.29. The third kappa shape index (κ3) is 3.33. The van der Waals surface area contributed by atoms with Gasteiger partial charge >= 0.3 is 0 Å². The highest BCUT2D eigenvalue weighted by Gasteiger charge is 2.52. The molecule has 2 atom stereocenters. The molecule has 5 rings (SSSR count). The van der Waals surface area contributed by atoms with Crippen LogP contribution in [-0.4, -0.2) is 48.3 Å². The molecule has 146 valence electrons. The van der Waals surface area contributed by atoms with Crippen molar-refractivity contribution in [1.82, 2.24) is 29.9 Å². The van der Waals surface area contributed by atoms with Gasteiger partial charge in [0.05, 0.1) is 29.8 Å². The Morgan fingerprint density at radius 1 is 1.24 bits per heavy atom. The van der Waals surface area contributed by atoms with Crippen LogP contribution < -0.4 is 10.2 Å². The number of nitrogens with zero attached hydrogens (tertiary/aromatic N) is 7. The molecule has 1 saturated heterocycles. The molecule has 0 radical (unpaired) electrons. The van der Waals surface area contributed by atoms with Crippen molar-refractivity contribution < 1.29 is 9.59 Å². The molecule has 1 aliphatic carbocycles. The summed E-state index contributed by atoms with van der Waals surface area (Å²) in [6.07, 6.45) is 7.29. The van der Waals surface area contributed by atoms with Crippen LogP contribution in [-0.2, 0) is 11.3 Å². The summed E-state index contributed by atoms with van der Waals surface area (Å²) in [6.45, 7) is 2.87. The standard InChI is InChI=1S/C19H18N8O2/c1-11-17(21-5-4-20-11)18(28)23-14-7-22-26(10-14)9-13-2-3-16(25-24-13)27-8-12-6-15(12)19(27)29/h2-5,7,10,12,15H,6,8-9H2,1H3,(H,23,28)/t12-,15-/m1/s1. The topological polar surface area (TPSA) is 119 Å². The number of carbonyl (C=O) groups is 2. The Bertz CT molecular complexity index is 1090. The highest BCUT2D eigenvalue weighted by molar-refractivity contribution is 6.03. The first-order valence-corrected chi connectivity index (χ1v) is 9.34. The van der Waals surface area contributed by atoms with E-state index in [0.29, 0.717) is 35.4 Å². The number of rotatable bonds is 5. The quantitative estimate of drug-likeness (QED) is 0.692. The molecule has 3 aromatic heterocycles. The van der Waals surface area contributed by atoms with Crippen LogP contribution in [0.2, 0.25) is 0 Å². The summed E-state index contributed by atoms with van der Waals surface area (Å²) >= 11 is 0. The van der Waals surface area contributed by atoms with E-state index in [-0.39, 0.29) is 23.4 Å². The van der Waals surface area contributed by atoms with Crippen molar-refractivity contribution in [2.24, 2.45) is 11.8 Å². The Kier molecular flexibility index (Phi) is 4.04. The average molecular weight is 390 g/mol. The van der Waals surface area contributed by atoms with Gasteiger partial charge < -0.3 is 5.32 Å². The first kappa shape index (κ1) is 17.4. The van der Waals surface area contributed by atoms with Crippen molar-refractivity contribution in [3.8, 4) is 0 Å². The highest BCUT2D eigenvalue weighted by Crippen LogP contribution is 2.46. The number of aryl methyl sites for hydroxylation is 1. The first-order chi connectivity index (χ1) is 14.1. The Morgan fingerprint density at radius 2 is 2.10 bits per heavy atom. The SMILES string of the molecule is Cc1nccnc1C(=O)Nc1cnn(Cc2ccc(N3C[C@H]4C[C@H]4C3=O)nn2)c1. The van der Waals surface area contributed by atoms with E-state index >= 15 is 0 Å². The zero-order valence-electron chi connectivity index (χ0n) is 15.7. The molecule has 10 nitrogen and oxygen atoms in total. The Labute approximate surface area is 166 Å². The van der Waals surface area contributed by atoms with Gasteiger partial charge in [-0.05, 0) is 31.4 Å². The number of carbonyl (C=O) groups excluding carboxylic acids is 2.